The second-order valence-corrected chi connectivity index (χ2v) is 3.57. The molecule has 0 unspecified atom stereocenters. The summed E-state index contributed by atoms with van der Waals surface area (Å²) in [5.41, 5.74) is 2.51. The highest BCUT2D eigenvalue weighted by Gasteiger charge is 2.09. The normalized spacial score (nSPS) is 9.71. The second-order valence-electron chi connectivity index (χ2n) is 2.34. The van der Waals surface area contributed by atoms with Crippen molar-refractivity contribution in [3.8, 4) is 0 Å². The van der Waals surface area contributed by atoms with Gasteiger partial charge >= 0.3 is 0 Å². The van der Waals surface area contributed by atoms with Crippen molar-refractivity contribution in [3.63, 3.8) is 0 Å². The van der Waals surface area contributed by atoms with Crippen molar-refractivity contribution in [2.24, 2.45) is 5.84 Å². The van der Waals surface area contributed by atoms with Gasteiger partial charge in [-0.2, -0.15) is 0 Å². The number of hydrogen-bond acceptors (Lipinski definition) is 2. The van der Waals surface area contributed by atoms with E-state index in [1.165, 1.54) is 0 Å². The Balaban J connectivity index is 3.02. The van der Waals surface area contributed by atoms with Crippen LogP contribution in [0.25, 0.3) is 0 Å². The lowest BCUT2D eigenvalue weighted by molar-refractivity contribution is 0.628. The molecule has 0 aliphatic heterocycles. The van der Waals surface area contributed by atoms with E-state index in [-0.39, 0.29) is 15.2 Å². The maximum Gasteiger partial charge on any atom is 0.185 e. The molecule has 1 aromatic carbocycles. The molecule has 7 heteroatoms. The van der Waals surface area contributed by atoms with Gasteiger partial charge in [0.15, 0.2) is 5.11 Å². The van der Waals surface area contributed by atoms with Crippen LogP contribution in [0.4, 0.5) is 10.1 Å². The van der Waals surface area contributed by atoms with Gasteiger partial charge in [0.2, 0.25) is 0 Å². The predicted molar refractivity (Wildman–Crippen MR) is 60.0 cm³/mol. The van der Waals surface area contributed by atoms with Gasteiger partial charge in [-0.1, -0.05) is 23.2 Å². The van der Waals surface area contributed by atoms with Crippen molar-refractivity contribution < 1.29 is 4.39 Å². The van der Waals surface area contributed by atoms with Crippen LogP contribution < -0.4 is 16.6 Å². The molecule has 0 aromatic heterocycles. The fourth-order valence-corrected chi connectivity index (χ4v) is 1.47. The molecule has 3 nitrogen and oxygen atoms in total. The minimum atomic E-state index is -0.517. The van der Waals surface area contributed by atoms with Gasteiger partial charge in [-0.15, -0.1) is 0 Å². The average molecular weight is 254 g/mol. The van der Waals surface area contributed by atoms with Gasteiger partial charge in [0.1, 0.15) is 5.82 Å². The van der Waals surface area contributed by atoms with Gasteiger partial charge in [0.25, 0.3) is 0 Å². The zero-order valence-electron chi connectivity index (χ0n) is 6.77. The minimum Gasteiger partial charge on any atom is -0.329 e. The number of rotatable bonds is 1. The summed E-state index contributed by atoms with van der Waals surface area (Å²) in [4.78, 5) is 0. The summed E-state index contributed by atoms with van der Waals surface area (Å²) in [7, 11) is 0. The Hall–Kier alpha value is -0.620. The van der Waals surface area contributed by atoms with Crippen LogP contribution >= 0.6 is 35.4 Å². The van der Waals surface area contributed by atoms with Crippen LogP contribution in [-0.2, 0) is 0 Å². The van der Waals surface area contributed by atoms with Crippen LogP contribution in [0.15, 0.2) is 12.1 Å². The molecular weight excluding hydrogens is 248 g/mol. The molecule has 0 bridgehead atoms. The van der Waals surface area contributed by atoms with Crippen LogP contribution in [0.1, 0.15) is 0 Å². The number of benzene rings is 1. The Bertz CT molecular complexity index is 349. The van der Waals surface area contributed by atoms with Gasteiger partial charge in [-0.05, 0) is 24.4 Å². The largest absolute Gasteiger partial charge is 0.329 e. The van der Waals surface area contributed by atoms with Crippen LogP contribution in [0.2, 0.25) is 10.0 Å². The van der Waals surface area contributed by atoms with Crippen LogP contribution in [0.5, 0.6) is 0 Å². The van der Waals surface area contributed by atoms with E-state index in [9.17, 15) is 4.39 Å². The summed E-state index contributed by atoms with van der Waals surface area (Å²) in [6.45, 7) is 0. The first-order chi connectivity index (χ1) is 6.54. The standard InChI is InChI=1S/C7H6Cl2FN3S/c8-4-1-3(10)2-5(9)6(4)12-7(14)13-11/h1-2H,11H2,(H2,12,13,14). The van der Waals surface area contributed by atoms with Crippen molar-refractivity contribution in [1.82, 2.24) is 5.43 Å². The lowest BCUT2D eigenvalue weighted by Gasteiger charge is -2.10. The highest BCUT2D eigenvalue weighted by Crippen LogP contribution is 2.31. The zero-order valence-corrected chi connectivity index (χ0v) is 9.10. The van der Waals surface area contributed by atoms with Gasteiger partial charge in [0, 0.05) is 0 Å². The molecule has 0 spiro atoms. The predicted octanol–water partition coefficient (Wildman–Crippen LogP) is 2.29. The number of thiocarbonyl (C=S) groups is 1. The Morgan fingerprint density at radius 1 is 1.36 bits per heavy atom. The summed E-state index contributed by atoms with van der Waals surface area (Å²) >= 11 is 16.2. The Morgan fingerprint density at radius 2 is 1.86 bits per heavy atom. The molecule has 1 rings (SSSR count). The first-order valence-corrected chi connectivity index (χ1v) is 4.63. The van der Waals surface area contributed by atoms with Crippen molar-refractivity contribution in [1.29, 1.82) is 0 Å². The van der Waals surface area contributed by atoms with E-state index in [0.29, 0.717) is 5.69 Å². The molecule has 4 N–H and O–H groups in total. The van der Waals surface area contributed by atoms with Gasteiger partial charge in [-0.25, -0.2) is 10.2 Å². The van der Waals surface area contributed by atoms with E-state index in [0.717, 1.165) is 12.1 Å². The summed E-state index contributed by atoms with van der Waals surface area (Å²) in [6.07, 6.45) is 0. The second kappa shape index (κ2) is 4.75. The van der Waals surface area contributed by atoms with Crippen molar-refractivity contribution in [2.75, 3.05) is 5.32 Å². The molecule has 0 saturated heterocycles. The third-order valence-corrected chi connectivity index (χ3v) is 2.19. The van der Waals surface area contributed by atoms with E-state index in [2.05, 4.69) is 10.7 Å². The summed E-state index contributed by atoms with van der Waals surface area (Å²) in [5.74, 6) is 4.52. The lowest BCUT2D eigenvalue weighted by atomic mass is 10.3. The van der Waals surface area contributed by atoms with Gasteiger partial charge in [-0.3, -0.25) is 0 Å². The average Bonchev–Trinajstić information content (AvgIpc) is 2.10. The summed E-state index contributed by atoms with van der Waals surface area (Å²) < 4.78 is 12.8. The van der Waals surface area contributed by atoms with Gasteiger partial charge < -0.3 is 10.7 Å². The molecule has 0 heterocycles. The molecule has 0 aliphatic carbocycles. The van der Waals surface area contributed by atoms with E-state index in [1.807, 2.05) is 0 Å². The highest BCUT2D eigenvalue weighted by atomic mass is 35.5. The van der Waals surface area contributed by atoms with E-state index >= 15 is 0 Å². The molecule has 0 atom stereocenters. The Morgan fingerprint density at radius 3 is 2.29 bits per heavy atom. The zero-order chi connectivity index (χ0) is 10.7. The minimum absolute atomic E-state index is 0.132. The van der Waals surface area contributed by atoms with Crippen molar-refractivity contribution in [2.45, 2.75) is 0 Å². The molecule has 14 heavy (non-hydrogen) atoms. The number of hydrazine groups is 1. The summed E-state index contributed by atoms with van der Waals surface area (Å²) in [5, 5.41) is 3.02. The monoisotopic (exact) mass is 253 g/mol. The third kappa shape index (κ3) is 2.68. The number of halogens is 3. The van der Waals surface area contributed by atoms with Gasteiger partial charge in [0.05, 0.1) is 15.7 Å². The fourth-order valence-electron chi connectivity index (χ4n) is 0.811. The molecule has 76 valence electrons. The Kier molecular flexibility index (Phi) is 3.88. The smallest absolute Gasteiger partial charge is 0.185 e. The molecule has 0 radical (unpaired) electrons. The van der Waals surface area contributed by atoms with E-state index in [4.69, 9.17) is 41.3 Å². The third-order valence-electron chi connectivity index (χ3n) is 1.38. The number of anilines is 1. The highest BCUT2D eigenvalue weighted by molar-refractivity contribution is 7.80. The number of nitrogens with two attached hydrogens (primary N) is 1. The molecule has 0 saturated carbocycles. The molecule has 0 aliphatic rings. The molecule has 0 amide bonds. The SMILES string of the molecule is NNC(=S)Nc1c(Cl)cc(F)cc1Cl. The van der Waals surface area contributed by atoms with Crippen LogP contribution in [0.3, 0.4) is 0 Å². The lowest BCUT2D eigenvalue weighted by Crippen LogP contribution is -2.34. The number of nitrogens with one attached hydrogen (secondary N) is 2. The maximum atomic E-state index is 12.8. The van der Waals surface area contributed by atoms with E-state index < -0.39 is 5.82 Å². The molecule has 0 fully saturated rings. The molecule has 1 aromatic rings. The van der Waals surface area contributed by atoms with Crippen LogP contribution in [0, 0.1) is 5.82 Å². The maximum absolute atomic E-state index is 12.8. The quantitative estimate of drug-likeness (QED) is 0.409. The first-order valence-electron chi connectivity index (χ1n) is 3.46. The number of hydrogen-bond donors (Lipinski definition) is 3. The fraction of sp³-hybridized carbons (Fsp3) is 0. The van der Waals surface area contributed by atoms with Crippen molar-refractivity contribution >= 4 is 46.2 Å². The van der Waals surface area contributed by atoms with E-state index in [1.54, 1.807) is 0 Å². The van der Waals surface area contributed by atoms with Crippen molar-refractivity contribution in [3.05, 3.63) is 28.0 Å². The molecular formula is C7H6Cl2FN3S. The Labute approximate surface area is 95.3 Å². The summed E-state index contributed by atoms with van der Waals surface area (Å²) in [6, 6.07) is 2.24. The first kappa shape index (κ1) is 11.5. The van der Waals surface area contributed by atoms with Crippen LogP contribution in [-0.4, -0.2) is 5.11 Å². The topological polar surface area (TPSA) is 50.1 Å².